The summed E-state index contributed by atoms with van der Waals surface area (Å²) in [7, 11) is 1.71. The second-order valence-corrected chi connectivity index (χ2v) is 8.50. The van der Waals surface area contributed by atoms with Gasteiger partial charge in [0.05, 0.1) is 18.7 Å². The van der Waals surface area contributed by atoms with Crippen molar-refractivity contribution < 1.29 is 14.3 Å². The van der Waals surface area contributed by atoms with Gasteiger partial charge in [0.25, 0.3) is 0 Å². The monoisotopic (exact) mass is 396 g/mol. The van der Waals surface area contributed by atoms with Crippen LogP contribution in [0.5, 0.6) is 0 Å². The molecule has 0 unspecified atom stereocenters. The predicted octanol–water partition coefficient (Wildman–Crippen LogP) is 4.34. The van der Waals surface area contributed by atoms with E-state index in [0.717, 1.165) is 6.54 Å². The van der Waals surface area contributed by atoms with Crippen molar-refractivity contribution in [2.24, 2.45) is 0 Å². The summed E-state index contributed by atoms with van der Waals surface area (Å²) in [6, 6.07) is 21.2. The predicted molar refractivity (Wildman–Crippen MR) is 115 cm³/mol. The molecule has 0 saturated carbocycles. The fourth-order valence-electron chi connectivity index (χ4n) is 3.89. The first-order chi connectivity index (χ1) is 13.9. The topological polar surface area (TPSA) is 42.0 Å². The number of hydrogen-bond donors (Lipinski definition) is 0. The molecule has 0 N–H and O–H groups in total. The zero-order valence-electron chi connectivity index (χ0n) is 17.9. The molecule has 5 heteroatoms. The normalized spacial score (nSPS) is 18.1. The zero-order chi connectivity index (χ0) is 20.9. The van der Waals surface area contributed by atoms with E-state index in [1.807, 2.05) is 32.9 Å². The van der Waals surface area contributed by atoms with Gasteiger partial charge in [-0.2, -0.15) is 0 Å². The van der Waals surface area contributed by atoms with Gasteiger partial charge < -0.3 is 14.4 Å². The van der Waals surface area contributed by atoms with Gasteiger partial charge in [0.15, 0.2) is 0 Å². The molecule has 1 atom stereocenters. The standard InChI is InChI=1S/C24H32N2O3/c1-24(2,3)29-23(27)25-15-16-26(21(17-25)18-28-4)22(19-11-7-5-8-12-19)20-13-9-6-10-14-20/h5-14,21-22H,15-18H2,1-4H3/t21-/m0/s1. The second kappa shape index (κ2) is 9.42. The smallest absolute Gasteiger partial charge is 0.410 e. The minimum absolute atomic E-state index is 0.0756. The Hall–Kier alpha value is -2.37. The number of piperazine rings is 1. The maximum atomic E-state index is 12.6. The van der Waals surface area contributed by atoms with E-state index in [9.17, 15) is 4.79 Å². The van der Waals surface area contributed by atoms with Gasteiger partial charge >= 0.3 is 6.09 Å². The molecule has 1 heterocycles. The molecule has 0 aromatic heterocycles. The fourth-order valence-corrected chi connectivity index (χ4v) is 3.89. The highest BCUT2D eigenvalue weighted by atomic mass is 16.6. The molecule has 3 rings (SSSR count). The van der Waals surface area contributed by atoms with Gasteiger partial charge in [0.2, 0.25) is 0 Å². The van der Waals surface area contributed by atoms with Crippen molar-refractivity contribution in [1.29, 1.82) is 0 Å². The Bertz CT molecular complexity index is 734. The average Bonchev–Trinajstić information content (AvgIpc) is 2.70. The van der Waals surface area contributed by atoms with Gasteiger partial charge in [-0.1, -0.05) is 60.7 Å². The number of methoxy groups -OCH3 is 1. The lowest BCUT2D eigenvalue weighted by atomic mass is 9.94. The van der Waals surface area contributed by atoms with Crippen molar-refractivity contribution in [1.82, 2.24) is 9.80 Å². The van der Waals surface area contributed by atoms with Crippen LogP contribution in [-0.2, 0) is 9.47 Å². The highest BCUT2D eigenvalue weighted by Gasteiger charge is 2.36. The minimum atomic E-state index is -0.498. The van der Waals surface area contributed by atoms with E-state index in [2.05, 4.69) is 53.4 Å². The first kappa shape index (κ1) is 21.3. The van der Waals surface area contributed by atoms with Crippen molar-refractivity contribution in [3.8, 4) is 0 Å². The molecule has 0 bridgehead atoms. The van der Waals surface area contributed by atoms with Gasteiger partial charge in [0, 0.05) is 26.7 Å². The molecule has 29 heavy (non-hydrogen) atoms. The van der Waals surface area contributed by atoms with Crippen LogP contribution in [-0.4, -0.2) is 60.9 Å². The summed E-state index contributed by atoms with van der Waals surface area (Å²) in [5, 5.41) is 0. The number of rotatable bonds is 5. The minimum Gasteiger partial charge on any atom is -0.444 e. The molecule has 1 aliphatic heterocycles. The second-order valence-electron chi connectivity index (χ2n) is 8.50. The maximum Gasteiger partial charge on any atom is 0.410 e. The first-order valence-electron chi connectivity index (χ1n) is 10.2. The van der Waals surface area contributed by atoms with Crippen LogP contribution in [0.3, 0.4) is 0 Å². The van der Waals surface area contributed by atoms with E-state index in [-0.39, 0.29) is 18.2 Å². The highest BCUT2D eigenvalue weighted by Crippen LogP contribution is 2.32. The number of carbonyl (C=O) groups is 1. The van der Waals surface area contributed by atoms with Crippen LogP contribution in [0.4, 0.5) is 4.79 Å². The molecule has 0 aliphatic carbocycles. The number of amides is 1. The van der Waals surface area contributed by atoms with Crippen molar-refractivity contribution in [3.05, 3.63) is 71.8 Å². The summed E-state index contributed by atoms with van der Waals surface area (Å²) in [6.45, 7) is 8.21. The van der Waals surface area contributed by atoms with Crippen molar-refractivity contribution >= 4 is 6.09 Å². The van der Waals surface area contributed by atoms with Crippen LogP contribution in [0.15, 0.2) is 60.7 Å². The molecule has 5 nitrogen and oxygen atoms in total. The van der Waals surface area contributed by atoms with E-state index in [0.29, 0.717) is 19.7 Å². The number of benzene rings is 2. The Morgan fingerprint density at radius 1 is 1.00 bits per heavy atom. The number of ether oxygens (including phenoxy) is 2. The molecule has 1 aliphatic rings. The van der Waals surface area contributed by atoms with Gasteiger partial charge in [0.1, 0.15) is 5.60 Å². The molecular weight excluding hydrogens is 364 g/mol. The summed E-state index contributed by atoms with van der Waals surface area (Å²) in [4.78, 5) is 16.9. The van der Waals surface area contributed by atoms with E-state index in [4.69, 9.17) is 9.47 Å². The van der Waals surface area contributed by atoms with E-state index in [1.165, 1.54) is 11.1 Å². The molecular formula is C24H32N2O3. The van der Waals surface area contributed by atoms with Crippen LogP contribution in [0.2, 0.25) is 0 Å². The molecule has 1 saturated heterocycles. The van der Waals surface area contributed by atoms with E-state index < -0.39 is 5.60 Å². The average molecular weight is 397 g/mol. The fraction of sp³-hybridized carbons (Fsp3) is 0.458. The molecule has 1 fully saturated rings. The van der Waals surface area contributed by atoms with Crippen molar-refractivity contribution in [2.45, 2.75) is 38.5 Å². The van der Waals surface area contributed by atoms with Crippen molar-refractivity contribution in [3.63, 3.8) is 0 Å². The summed E-state index contributed by atoms with van der Waals surface area (Å²) in [5.41, 5.74) is 1.98. The molecule has 0 radical (unpaired) electrons. The van der Waals surface area contributed by atoms with Crippen LogP contribution >= 0.6 is 0 Å². The summed E-state index contributed by atoms with van der Waals surface area (Å²) >= 11 is 0. The lowest BCUT2D eigenvalue weighted by Gasteiger charge is -2.45. The molecule has 0 spiro atoms. The van der Waals surface area contributed by atoms with Crippen molar-refractivity contribution in [2.75, 3.05) is 33.4 Å². The third-order valence-corrected chi connectivity index (χ3v) is 5.10. The van der Waals surface area contributed by atoms with Gasteiger partial charge in [-0.25, -0.2) is 4.79 Å². The van der Waals surface area contributed by atoms with Gasteiger partial charge in [-0.3, -0.25) is 4.90 Å². The van der Waals surface area contributed by atoms with Crippen LogP contribution in [0, 0.1) is 0 Å². The maximum absolute atomic E-state index is 12.6. The van der Waals surface area contributed by atoms with E-state index >= 15 is 0 Å². The lowest BCUT2D eigenvalue weighted by Crippen LogP contribution is -2.57. The number of carbonyl (C=O) groups excluding carboxylic acids is 1. The Balaban J connectivity index is 1.87. The van der Waals surface area contributed by atoms with Crippen LogP contribution in [0.25, 0.3) is 0 Å². The third-order valence-electron chi connectivity index (χ3n) is 5.10. The Kier molecular flexibility index (Phi) is 6.93. The number of nitrogens with zero attached hydrogens (tertiary/aromatic N) is 2. The molecule has 2 aromatic rings. The van der Waals surface area contributed by atoms with Crippen LogP contribution in [0.1, 0.15) is 37.9 Å². The molecule has 156 valence electrons. The third kappa shape index (κ3) is 5.58. The quantitative estimate of drug-likeness (QED) is 0.754. The van der Waals surface area contributed by atoms with Gasteiger partial charge in [-0.05, 0) is 31.9 Å². The zero-order valence-corrected chi connectivity index (χ0v) is 17.9. The highest BCUT2D eigenvalue weighted by molar-refractivity contribution is 5.68. The lowest BCUT2D eigenvalue weighted by molar-refractivity contribution is -0.0166. The van der Waals surface area contributed by atoms with E-state index in [1.54, 1.807) is 12.0 Å². The SMILES string of the molecule is COC[C@@H]1CN(C(=O)OC(C)(C)C)CCN1C(c1ccccc1)c1ccccc1. The summed E-state index contributed by atoms with van der Waals surface area (Å²) in [5.74, 6) is 0. The Morgan fingerprint density at radius 3 is 2.03 bits per heavy atom. The summed E-state index contributed by atoms with van der Waals surface area (Å²) in [6.07, 6.45) is -0.255. The summed E-state index contributed by atoms with van der Waals surface area (Å²) < 4.78 is 11.1. The first-order valence-corrected chi connectivity index (χ1v) is 10.2. The molecule has 1 amide bonds. The number of hydrogen-bond acceptors (Lipinski definition) is 4. The van der Waals surface area contributed by atoms with Gasteiger partial charge in [-0.15, -0.1) is 0 Å². The molecule has 2 aromatic carbocycles. The largest absolute Gasteiger partial charge is 0.444 e. The Labute approximate surface area is 174 Å². The van der Waals surface area contributed by atoms with Crippen LogP contribution < -0.4 is 0 Å². The Morgan fingerprint density at radius 2 is 1.55 bits per heavy atom.